The van der Waals surface area contributed by atoms with Gasteiger partial charge in [-0.3, -0.25) is 0 Å². The number of unbranched alkanes of at least 4 members (excludes halogenated alkanes) is 8. The summed E-state index contributed by atoms with van der Waals surface area (Å²) in [4.78, 5) is 20.2. The minimum atomic E-state index is -1.13. The molecule has 0 aliphatic carbocycles. The van der Waals surface area contributed by atoms with Crippen LogP contribution in [-0.4, -0.2) is 58.0 Å². The molecule has 0 aromatic heterocycles. The number of hydrogen-bond donors (Lipinski definition) is 0. The largest absolute Gasteiger partial charge is 2.00 e. The molecule has 0 aliphatic heterocycles. The van der Waals surface area contributed by atoms with Gasteiger partial charge < -0.3 is 19.8 Å². The molecule has 0 saturated heterocycles. The number of benzene rings is 1. The first-order valence-corrected chi connectivity index (χ1v) is 8.54. The van der Waals surface area contributed by atoms with Crippen LogP contribution in [0.1, 0.15) is 81.5 Å². The van der Waals surface area contributed by atoms with Crippen molar-refractivity contribution < 1.29 is 19.8 Å². The number of aliphatic carboxylic acids is 1. The predicted molar refractivity (Wildman–Crippen MR) is 99.1 cm³/mol. The average molecular weight is 369 g/mol. The number of aromatic carboxylic acids is 1. The topological polar surface area (TPSA) is 80.3 Å². The van der Waals surface area contributed by atoms with Crippen LogP contribution < -0.4 is 10.2 Å². The van der Waals surface area contributed by atoms with Crippen LogP contribution in [0.3, 0.4) is 0 Å². The SMILES string of the molecule is CCCCCCCCCCCC(=O)[O-].O=C([O-])c1ccccc1.[Mg+2].[Mg+2]. The molecule has 25 heavy (non-hydrogen) atoms. The van der Waals surface area contributed by atoms with Crippen LogP contribution in [0.4, 0.5) is 0 Å². The molecule has 4 nitrogen and oxygen atoms in total. The van der Waals surface area contributed by atoms with E-state index in [0.717, 1.165) is 12.8 Å². The van der Waals surface area contributed by atoms with Crippen LogP contribution in [0, 0.1) is 0 Å². The Labute approximate surface area is 184 Å². The van der Waals surface area contributed by atoms with Gasteiger partial charge in [-0.25, -0.2) is 0 Å². The normalized spacial score (nSPS) is 9.00. The fourth-order valence-corrected chi connectivity index (χ4v) is 2.15. The van der Waals surface area contributed by atoms with Crippen molar-refractivity contribution in [3.63, 3.8) is 0 Å². The van der Waals surface area contributed by atoms with Crippen LogP contribution in [0.5, 0.6) is 0 Å². The number of hydrogen-bond acceptors (Lipinski definition) is 4. The predicted octanol–water partition coefficient (Wildman–Crippen LogP) is 1.95. The molecule has 1 aromatic rings. The third kappa shape index (κ3) is 21.7. The van der Waals surface area contributed by atoms with Crippen molar-refractivity contribution in [3.8, 4) is 0 Å². The third-order valence-electron chi connectivity index (χ3n) is 3.49. The first-order valence-electron chi connectivity index (χ1n) is 8.54. The molecule has 0 atom stereocenters. The van der Waals surface area contributed by atoms with Crippen molar-refractivity contribution in [3.05, 3.63) is 35.9 Å². The summed E-state index contributed by atoms with van der Waals surface area (Å²) in [6, 6.07) is 8.06. The Morgan fingerprint density at radius 2 is 1.20 bits per heavy atom. The van der Waals surface area contributed by atoms with Gasteiger partial charge in [-0.15, -0.1) is 0 Å². The first-order chi connectivity index (χ1) is 11.1. The monoisotopic (exact) mass is 368 g/mol. The van der Waals surface area contributed by atoms with E-state index in [-0.39, 0.29) is 58.1 Å². The van der Waals surface area contributed by atoms with E-state index >= 15 is 0 Å². The second-order valence-electron chi connectivity index (χ2n) is 5.60. The van der Waals surface area contributed by atoms with E-state index in [1.54, 1.807) is 18.2 Å². The maximum absolute atomic E-state index is 10.1. The van der Waals surface area contributed by atoms with Gasteiger partial charge in [0.05, 0.1) is 5.97 Å². The minimum absolute atomic E-state index is 0. The molecule has 0 fully saturated rings. The van der Waals surface area contributed by atoms with Gasteiger partial charge in [-0.1, -0.05) is 88.6 Å². The molecule has 1 aromatic carbocycles. The number of carbonyl (C=O) groups excluding carboxylic acids is 2. The fraction of sp³-hybridized carbons (Fsp3) is 0.579. The summed E-state index contributed by atoms with van der Waals surface area (Å²) < 4.78 is 0. The van der Waals surface area contributed by atoms with Crippen LogP contribution in [0.2, 0.25) is 0 Å². The summed E-state index contributed by atoms with van der Waals surface area (Å²) in [5.41, 5.74) is 0.220. The Balaban J connectivity index is -0.000000384. The van der Waals surface area contributed by atoms with E-state index in [1.807, 2.05) is 0 Å². The van der Waals surface area contributed by atoms with Gasteiger partial charge in [-0.05, 0) is 18.4 Å². The van der Waals surface area contributed by atoms with Crippen molar-refractivity contribution in [2.75, 3.05) is 0 Å². The maximum Gasteiger partial charge on any atom is 2.00 e. The van der Waals surface area contributed by atoms with Gasteiger partial charge in [0.25, 0.3) is 0 Å². The average Bonchev–Trinajstić information content (AvgIpc) is 2.54. The summed E-state index contributed by atoms with van der Waals surface area (Å²) in [5.74, 6) is -2.04. The van der Waals surface area contributed by atoms with E-state index in [2.05, 4.69) is 6.92 Å². The maximum atomic E-state index is 10.1. The van der Waals surface area contributed by atoms with E-state index in [1.165, 1.54) is 57.1 Å². The number of carbonyl (C=O) groups is 2. The van der Waals surface area contributed by atoms with Crippen LogP contribution in [0.25, 0.3) is 0 Å². The van der Waals surface area contributed by atoms with Crippen molar-refractivity contribution in [2.45, 2.75) is 71.1 Å². The van der Waals surface area contributed by atoms with Crippen molar-refractivity contribution in [2.24, 2.45) is 0 Å². The summed E-state index contributed by atoms with van der Waals surface area (Å²) >= 11 is 0. The molecule has 1 rings (SSSR count). The van der Waals surface area contributed by atoms with E-state index in [9.17, 15) is 19.8 Å². The van der Waals surface area contributed by atoms with Crippen molar-refractivity contribution >= 4 is 58.0 Å². The summed E-state index contributed by atoms with van der Waals surface area (Å²) in [5, 5.41) is 20.2. The van der Waals surface area contributed by atoms with Crippen molar-refractivity contribution in [1.82, 2.24) is 0 Å². The van der Waals surface area contributed by atoms with Gasteiger partial charge in [0.1, 0.15) is 0 Å². The molecule has 0 spiro atoms. The van der Waals surface area contributed by atoms with Crippen LogP contribution in [0.15, 0.2) is 30.3 Å². The zero-order valence-corrected chi connectivity index (χ0v) is 18.3. The number of carboxylic acid groups (broad SMARTS) is 2. The first kappa shape index (κ1) is 29.5. The Bertz CT molecular complexity index is 425. The number of rotatable bonds is 11. The minimum Gasteiger partial charge on any atom is -0.550 e. The molecule has 0 bridgehead atoms. The molecule has 6 heteroatoms. The summed E-state index contributed by atoms with van der Waals surface area (Å²) in [6.07, 6.45) is 11.2. The zero-order chi connectivity index (χ0) is 17.3. The molecule has 0 amide bonds. The van der Waals surface area contributed by atoms with Gasteiger partial charge in [0.2, 0.25) is 0 Å². The molecule has 0 aliphatic rings. The van der Waals surface area contributed by atoms with E-state index in [0.29, 0.717) is 0 Å². The molecule has 0 radical (unpaired) electrons. The molecule has 0 heterocycles. The van der Waals surface area contributed by atoms with E-state index in [4.69, 9.17) is 0 Å². The quantitative estimate of drug-likeness (QED) is 0.441. The molecule has 0 saturated carbocycles. The molecule has 0 N–H and O–H groups in total. The Hall–Kier alpha value is -0.308. The Morgan fingerprint density at radius 3 is 1.56 bits per heavy atom. The standard InChI is InChI=1S/C12H24O2.C7H6O2.2Mg/c1-2-3-4-5-6-7-8-9-10-11-12(13)14;8-7(9)6-4-2-1-3-5-6;;/h2-11H2,1H3,(H,13,14);1-5H,(H,8,9);;/q;;2*+2/p-2. The van der Waals surface area contributed by atoms with Crippen LogP contribution in [-0.2, 0) is 4.79 Å². The van der Waals surface area contributed by atoms with Gasteiger partial charge in [0, 0.05) is 5.97 Å². The zero-order valence-electron chi connectivity index (χ0n) is 15.5. The summed E-state index contributed by atoms with van der Waals surface area (Å²) in [6.45, 7) is 2.22. The molecular formula is C19H28Mg2O4+2. The third-order valence-corrected chi connectivity index (χ3v) is 3.49. The fourth-order valence-electron chi connectivity index (χ4n) is 2.15. The molecular weight excluding hydrogens is 341 g/mol. The van der Waals surface area contributed by atoms with Gasteiger partial charge in [0.15, 0.2) is 0 Å². The smallest absolute Gasteiger partial charge is 0.550 e. The van der Waals surface area contributed by atoms with Crippen LogP contribution >= 0.6 is 0 Å². The second-order valence-corrected chi connectivity index (χ2v) is 5.60. The van der Waals surface area contributed by atoms with Gasteiger partial charge >= 0.3 is 46.1 Å². The number of carboxylic acids is 2. The van der Waals surface area contributed by atoms with Gasteiger partial charge in [-0.2, -0.15) is 0 Å². The molecule has 130 valence electrons. The second kappa shape index (κ2) is 21.7. The Morgan fingerprint density at radius 1 is 0.760 bits per heavy atom. The molecule has 0 unspecified atom stereocenters. The van der Waals surface area contributed by atoms with Crippen molar-refractivity contribution in [1.29, 1.82) is 0 Å². The Kier molecular flexibility index (Phi) is 25.6. The van der Waals surface area contributed by atoms with E-state index < -0.39 is 11.9 Å². The summed E-state index contributed by atoms with van der Waals surface area (Å²) in [7, 11) is 0.